The van der Waals surface area contributed by atoms with Gasteiger partial charge in [0.2, 0.25) is 0 Å². The summed E-state index contributed by atoms with van der Waals surface area (Å²) in [5.74, 6) is -1.48. The molecule has 2 N–H and O–H groups in total. The van der Waals surface area contributed by atoms with Gasteiger partial charge in [-0.15, -0.1) is 0 Å². The highest BCUT2D eigenvalue weighted by Crippen LogP contribution is 2.17. The number of amides is 1. The predicted molar refractivity (Wildman–Crippen MR) is 96.6 cm³/mol. The highest BCUT2D eigenvalue weighted by Gasteiger charge is 2.34. The number of carbonyl (C=O) groups excluding carboxylic acids is 3. The zero-order chi connectivity index (χ0) is 20.2. The molecule has 27 heavy (non-hydrogen) atoms. The van der Waals surface area contributed by atoms with Gasteiger partial charge in [-0.1, -0.05) is 0 Å². The molecule has 1 aromatic rings. The van der Waals surface area contributed by atoms with E-state index in [1.807, 2.05) is 0 Å². The summed E-state index contributed by atoms with van der Waals surface area (Å²) in [4.78, 5) is 36.7. The Kier molecular flexibility index (Phi) is 6.55. The summed E-state index contributed by atoms with van der Waals surface area (Å²) in [7, 11) is 1.15. The summed E-state index contributed by atoms with van der Waals surface area (Å²) >= 11 is 0. The van der Waals surface area contributed by atoms with Crippen molar-refractivity contribution in [2.45, 2.75) is 12.5 Å². The van der Waals surface area contributed by atoms with Crippen LogP contribution in [0.2, 0.25) is 0 Å². The quantitative estimate of drug-likeness (QED) is 0.583. The standard InChI is InChI=1S/C17H22N2O7S/c1-19(14-4-5-27(23,24)10-14)9-15(20)18-13-7-11(16(21)25-2)6-12(8-13)17(22)26-3/h6-8,14H,4-5,9-10H2,1-3H3,(H,18,20)/p+1/t14-/m0/s1. The molecule has 0 bridgehead atoms. The molecule has 1 fully saturated rings. The smallest absolute Gasteiger partial charge is 0.337 e. The topological polar surface area (TPSA) is 120 Å². The second-order valence-corrected chi connectivity index (χ2v) is 8.68. The lowest BCUT2D eigenvalue weighted by atomic mass is 10.1. The lowest BCUT2D eigenvalue weighted by Crippen LogP contribution is -3.14. The van der Waals surface area contributed by atoms with Gasteiger partial charge < -0.3 is 19.7 Å². The molecular formula is C17H23N2O7S+. The summed E-state index contributed by atoms with van der Waals surface area (Å²) in [5, 5.41) is 2.63. The van der Waals surface area contributed by atoms with Crippen molar-refractivity contribution < 1.29 is 37.2 Å². The summed E-state index contributed by atoms with van der Waals surface area (Å²) in [5.41, 5.74) is 0.437. The van der Waals surface area contributed by atoms with Crippen LogP contribution in [0.3, 0.4) is 0 Å². The molecule has 1 aliphatic heterocycles. The average Bonchev–Trinajstić information content (AvgIpc) is 2.99. The van der Waals surface area contributed by atoms with Gasteiger partial charge in [0.15, 0.2) is 16.4 Å². The number of nitrogens with one attached hydrogen (secondary N) is 2. The van der Waals surface area contributed by atoms with E-state index in [0.717, 1.165) is 4.90 Å². The fourth-order valence-electron chi connectivity index (χ4n) is 2.96. The number of methoxy groups -OCH3 is 2. The maximum Gasteiger partial charge on any atom is 0.337 e. The molecule has 0 aromatic heterocycles. The first-order valence-corrected chi connectivity index (χ1v) is 10.1. The first-order chi connectivity index (χ1) is 12.6. The lowest BCUT2D eigenvalue weighted by Gasteiger charge is -2.19. The number of esters is 2. The Bertz CT molecular complexity index is 817. The summed E-state index contributed by atoms with van der Waals surface area (Å²) in [6, 6.07) is 3.97. The van der Waals surface area contributed by atoms with Crippen molar-refractivity contribution in [1.29, 1.82) is 0 Å². The number of anilines is 1. The minimum atomic E-state index is -3.03. The first-order valence-electron chi connectivity index (χ1n) is 8.29. The Morgan fingerprint density at radius 2 is 1.67 bits per heavy atom. The SMILES string of the molecule is COC(=O)c1cc(NC(=O)C[NH+](C)[C@H]2CCS(=O)(=O)C2)cc(C(=O)OC)c1. The van der Waals surface area contributed by atoms with Crippen LogP contribution in [-0.2, 0) is 24.1 Å². The maximum atomic E-state index is 12.3. The van der Waals surface area contributed by atoms with Gasteiger partial charge in [0.1, 0.15) is 11.8 Å². The molecule has 1 saturated heterocycles. The second-order valence-electron chi connectivity index (χ2n) is 6.45. The minimum Gasteiger partial charge on any atom is -0.465 e. The van der Waals surface area contributed by atoms with Gasteiger partial charge in [-0.3, -0.25) is 4.79 Å². The van der Waals surface area contributed by atoms with Gasteiger partial charge in [0.25, 0.3) is 5.91 Å². The maximum absolute atomic E-state index is 12.3. The van der Waals surface area contributed by atoms with Crippen LogP contribution in [0.1, 0.15) is 27.1 Å². The summed E-state index contributed by atoms with van der Waals surface area (Å²) < 4.78 is 32.5. The number of rotatable bonds is 6. The Morgan fingerprint density at radius 1 is 1.11 bits per heavy atom. The zero-order valence-electron chi connectivity index (χ0n) is 15.4. The highest BCUT2D eigenvalue weighted by atomic mass is 32.2. The average molecular weight is 399 g/mol. The molecule has 1 aliphatic rings. The molecule has 148 valence electrons. The van der Waals surface area contributed by atoms with Crippen LogP contribution in [-0.4, -0.2) is 71.6 Å². The normalized spacial score (nSPS) is 19.1. The number of carbonyl (C=O) groups is 3. The van der Waals surface area contributed by atoms with Crippen molar-refractivity contribution in [3.8, 4) is 0 Å². The van der Waals surface area contributed by atoms with E-state index in [1.165, 1.54) is 32.4 Å². The van der Waals surface area contributed by atoms with Crippen molar-refractivity contribution in [2.75, 3.05) is 44.6 Å². The third-order valence-electron chi connectivity index (χ3n) is 4.43. The van der Waals surface area contributed by atoms with E-state index >= 15 is 0 Å². The third kappa shape index (κ3) is 5.51. The molecule has 1 aromatic carbocycles. The molecule has 1 unspecified atom stereocenters. The van der Waals surface area contributed by atoms with Gasteiger partial charge in [-0.05, 0) is 18.2 Å². The van der Waals surface area contributed by atoms with Crippen LogP contribution >= 0.6 is 0 Å². The lowest BCUT2D eigenvalue weighted by molar-refractivity contribution is -0.894. The molecule has 2 atom stereocenters. The number of hydrogen-bond acceptors (Lipinski definition) is 7. The van der Waals surface area contributed by atoms with Crippen molar-refractivity contribution in [3.63, 3.8) is 0 Å². The predicted octanol–water partition coefficient (Wildman–Crippen LogP) is -1.10. The number of ether oxygens (including phenoxy) is 2. The molecule has 0 saturated carbocycles. The molecule has 10 heteroatoms. The summed E-state index contributed by atoms with van der Waals surface area (Å²) in [6.45, 7) is 0.0518. The van der Waals surface area contributed by atoms with E-state index in [1.54, 1.807) is 7.05 Å². The Hall–Kier alpha value is -2.46. The minimum absolute atomic E-state index is 0.0518. The monoisotopic (exact) mass is 399 g/mol. The van der Waals surface area contributed by atoms with E-state index in [-0.39, 0.29) is 46.8 Å². The first kappa shape index (κ1) is 20.8. The Balaban J connectivity index is 2.12. The van der Waals surface area contributed by atoms with E-state index in [9.17, 15) is 22.8 Å². The molecule has 0 radical (unpaired) electrons. The molecule has 0 spiro atoms. The molecule has 9 nitrogen and oxygen atoms in total. The van der Waals surface area contributed by atoms with Crippen LogP contribution < -0.4 is 10.2 Å². The number of likely N-dealkylation sites (N-methyl/N-ethyl adjacent to an activating group) is 1. The van der Waals surface area contributed by atoms with E-state index in [4.69, 9.17) is 0 Å². The third-order valence-corrected chi connectivity index (χ3v) is 6.20. The fraction of sp³-hybridized carbons (Fsp3) is 0.471. The molecule has 2 rings (SSSR count). The van der Waals surface area contributed by atoms with E-state index < -0.39 is 21.8 Å². The van der Waals surface area contributed by atoms with Crippen molar-refractivity contribution >= 4 is 33.4 Å². The Morgan fingerprint density at radius 3 is 2.11 bits per heavy atom. The fourth-order valence-corrected chi connectivity index (χ4v) is 4.83. The van der Waals surface area contributed by atoms with Crippen LogP contribution in [0.4, 0.5) is 5.69 Å². The number of quaternary nitrogens is 1. The Labute approximate surface area is 157 Å². The van der Waals surface area contributed by atoms with Gasteiger partial charge >= 0.3 is 11.9 Å². The van der Waals surface area contributed by atoms with Gasteiger partial charge in [0.05, 0.1) is 38.1 Å². The number of sulfone groups is 1. The number of benzene rings is 1. The van der Waals surface area contributed by atoms with Crippen molar-refractivity contribution in [1.82, 2.24) is 0 Å². The molecule has 1 amide bonds. The van der Waals surface area contributed by atoms with Crippen molar-refractivity contribution in [2.24, 2.45) is 0 Å². The molecule has 1 heterocycles. The van der Waals surface area contributed by atoms with Gasteiger partial charge in [0, 0.05) is 12.1 Å². The second kappa shape index (κ2) is 8.49. The van der Waals surface area contributed by atoms with Crippen LogP contribution in [0.25, 0.3) is 0 Å². The molecular weight excluding hydrogens is 376 g/mol. The molecule has 0 aliphatic carbocycles. The zero-order valence-corrected chi connectivity index (χ0v) is 16.2. The largest absolute Gasteiger partial charge is 0.465 e. The van der Waals surface area contributed by atoms with Crippen LogP contribution in [0, 0.1) is 0 Å². The van der Waals surface area contributed by atoms with Gasteiger partial charge in [-0.25, -0.2) is 18.0 Å². The van der Waals surface area contributed by atoms with Gasteiger partial charge in [-0.2, -0.15) is 0 Å². The highest BCUT2D eigenvalue weighted by molar-refractivity contribution is 7.91. The summed E-state index contributed by atoms with van der Waals surface area (Å²) in [6.07, 6.45) is 0.520. The number of hydrogen-bond donors (Lipinski definition) is 2. The van der Waals surface area contributed by atoms with E-state index in [2.05, 4.69) is 14.8 Å². The van der Waals surface area contributed by atoms with Crippen LogP contribution in [0.15, 0.2) is 18.2 Å². The van der Waals surface area contributed by atoms with Crippen LogP contribution in [0.5, 0.6) is 0 Å². The van der Waals surface area contributed by atoms with Crippen molar-refractivity contribution in [3.05, 3.63) is 29.3 Å². The van der Waals surface area contributed by atoms with E-state index in [0.29, 0.717) is 6.42 Å².